The van der Waals surface area contributed by atoms with Gasteiger partial charge in [0.15, 0.2) is 0 Å². The molecule has 19 heavy (non-hydrogen) atoms. The maximum atomic E-state index is 12.7. The maximum Gasteiger partial charge on any atom is 0.224 e. The fourth-order valence-corrected chi connectivity index (χ4v) is 1.97. The van der Waals surface area contributed by atoms with Crippen molar-refractivity contribution >= 4 is 5.91 Å². The molecule has 0 aliphatic carbocycles. The Bertz CT molecular complexity index is 409. The molecule has 1 unspecified atom stereocenters. The first-order valence-corrected chi connectivity index (χ1v) is 6.45. The Morgan fingerprint density at radius 3 is 2.37 bits per heavy atom. The Morgan fingerprint density at radius 1 is 1.32 bits per heavy atom. The summed E-state index contributed by atoms with van der Waals surface area (Å²) < 4.78 is 12.7. The highest BCUT2D eigenvalue weighted by Crippen LogP contribution is 2.20. The summed E-state index contributed by atoms with van der Waals surface area (Å²) >= 11 is 0. The molecule has 0 saturated carbocycles. The van der Waals surface area contributed by atoms with Crippen LogP contribution in [0.25, 0.3) is 0 Å². The number of aliphatic hydroxyl groups is 1. The minimum atomic E-state index is -0.315. The molecule has 0 spiro atoms. The average Bonchev–Trinajstić information content (AvgIpc) is 2.29. The van der Waals surface area contributed by atoms with Crippen LogP contribution in [0.2, 0.25) is 0 Å². The van der Waals surface area contributed by atoms with Crippen molar-refractivity contribution in [2.45, 2.75) is 39.7 Å². The Labute approximate surface area is 113 Å². The number of rotatable bonds is 5. The van der Waals surface area contributed by atoms with Crippen LogP contribution < -0.4 is 5.32 Å². The molecule has 0 radical (unpaired) electrons. The van der Waals surface area contributed by atoms with Crippen LogP contribution in [-0.4, -0.2) is 23.7 Å². The van der Waals surface area contributed by atoms with Crippen LogP contribution in [0.5, 0.6) is 0 Å². The van der Waals surface area contributed by atoms with Gasteiger partial charge < -0.3 is 10.4 Å². The van der Waals surface area contributed by atoms with E-state index in [1.165, 1.54) is 12.1 Å². The Kier molecular flexibility index (Phi) is 5.48. The zero-order valence-corrected chi connectivity index (χ0v) is 11.7. The van der Waals surface area contributed by atoms with Crippen LogP contribution in [0.4, 0.5) is 4.39 Å². The molecular weight excluding hydrogens is 245 g/mol. The van der Waals surface area contributed by atoms with Crippen molar-refractivity contribution in [3.8, 4) is 0 Å². The quantitative estimate of drug-likeness (QED) is 0.860. The predicted octanol–water partition coefficient (Wildman–Crippen LogP) is 2.28. The van der Waals surface area contributed by atoms with Crippen molar-refractivity contribution in [3.63, 3.8) is 0 Å². The van der Waals surface area contributed by atoms with Crippen LogP contribution in [0.3, 0.4) is 0 Å². The van der Waals surface area contributed by atoms with Crippen molar-refractivity contribution < 1.29 is 14.3 Å². The molecule has 0 bridgehead atoms. The second-order valence-electron chi connectivity index (χ2n) is 6.02. The van der Waals surface area contributed by atoms with E-state index in [0.29, 0.717) is 6.42 Å². The van der Waals surface area contributed by atoms with E-state index in [1.807, 2.05) is 0 Å². The maximum absolute atomic E-state index is 12.7. The first kappa shape index (κ1) is 15.6. The van der Waals surface area contributed by atoms with Gasteiger partial charge in [0, 0.05) is 0 Å². The topological polar surface area (TPSA) is 49.3 Å². The molecule has 3 nitrogen and oxygen atoms in total. The van der Waals surface area contributed by atoms with Gasteiger partial charge in [-0.2, -0.15) is 0 Å². The summed E-state index contributed by atoms with van der Waals surface area (Å²) in [5.41, 5.74) is 0.794. The van der Waals surface area contributed by atoms with Crippen molar-refractivity contribution in [1.29, 1.82) is 0 Å². The van der Waals surface area contributed by atoms with Gasteiger partial charge in [0.2, 0.25) is 5.91 Å². The highest BCUT2D eigenvalue weighted by molar-refractivity contribution is 5.78. The van der Waals surface area contributed by atoms with Crippen LogP contribution in [0, 0.1) is 11.2 Å². The number of halogens is 1. The molecule has 2 N–H and O–H groups in total. The van der Waals surface area contributed by atoms with Crippen molar-refractivity contribution in [2.24, 2.45) is 5.41 Å². The number of hydrogen-bond acceptors (Lipinski definition) is 2. The lowest BCUT2D eigenvalue weighted by atomic mass is 9.88. The third-order valence-corrected chi connectivity index (χ3v) is 2.72. The van der Waals surface area contributed by atoms with Crippen LogP contribution >= 0.6 is 0 Å². The van der Waals surface area contributed by atoms with E-state index in [2.05, 4.69) is 26.1 Å². The van der Waals surface area contributed by atoms with Gasteiger partial charge in [-0.05, 0) is 29.5 Å². The molecule has 0 aliphatic heterocycles. The molecule has 1 amide bonds. The molecule has 4 heteroatoms. The van der Waals surface area contributed by atoms with Crippen molar-refractivity contribution in [1.82, 2.24) is 5.32 Å². The van der Waals surface area contributed by atoms with Crippen molar-refractivity contribution in [3.05, 3.63) is 35.6 Å². The predicted molar refractivity (Wildman–Crippen MR) is 73.2 cm³/mol. The lowest BCUT2D eigenvalue weighted by Gasteiger charge is -2.25. The van der Waals surface area contributed by atoms with Crippen molar-refractivity contribution in [2.75, 3.05) is 6.61 Å². The Balaban J connectivity index is 2.51. The molecule has 1 aromatic rings. The van der Waals surface area contributed by atoms with Gasteiger partial charge in [-0.15, -0.1) is 0 Å². The summed E-state index contributed by atoms with van der Waals surface area (Å²) in [7, 11) is 0. The largest absolute Gasteiger partial charge is 0.394 e. The number of amides is 1. The van der Waals surface area contributed by atoms with Gasteiger partial charge in [-0.25, -0.2) is 4.39 Å². The summed E-state index contributed by atoms with van der Waals surface area (Å²) in [6.45, 7) is 6.10. The molecule has 0 fully saturated rings. The normalized spacial score (nSPS) is 13.1. The molecule has 0 aliphatic rings. The third kappa shape index (κ3) is 6.34. The third-order valence-electron chi connectivity index (χ3n) is 2.72. The number of nitrogens with one attached hydrogen (secondary N) is 1. The van der Waals surface area contributed by atoms with E-state index in [0.717, 1.165) is 5.56 Å². The standard InChI is InChI=1S/C15H22FNO2/c1-15(2,3)9-13(10-18)17-14(19)8-11-4-6-12(16)7-5-11/h4-7,13,18H,8-10H2,1-3H3,(H,17,19). The fourth-order valence-electron chi connectivity index (χ4n) is 1.97. The zero-order valence-electron chi connectivity index (χ0n) is 11.7. The molecule has 0 heterocycles. The molecule has 1 atom stereocenters. The summed E-state index contributed by atoms with van der Waals surface area (Å²) in [5, 5.41) is 12.1. The first-order valence-electron chi connectivity index (χ1n) is 6.45. The van der Waals surface area contributed by atoms with E-state index in [9.17, 15) is 14.3 Å². The molecule has 0 saturated heterocycles. The molecule has 1 rings (SSSR count). The molecule has 0 aromatic heterocycles. The summed E-state index contributed by atoms with van der Waals surface area (Å²) in [4.78, 5) is 11.8. The van der Waals surface area contributed by atoms with E-state index >= 15 is 0 Å². The van der Waals surface area contributed by atoms with Crippen LogP contribution in [0.15, 0.2) is 24.3 Å². The Morgan fingerprint density at radius 2 is 1.89 bits per heavy atom. The minimum absolute atomic E-state index is 0.0382. The number of carbonyl (C=O) groups is 1. The van der Waals surface area contributed by atoms with Gasteiger partial charge in [0.05, 0.1) is 19.1 Å². The SMILES string of the molecule is CC(C)(C)CC(CO)NC(=O)Cc1ccc(F)cc1. The van der Waals surface area contributed by atoms with Gasteiger partial charge in [-0.1, -0.05) is 32.9 Å². The van der Waals surface area contributed by atoms with Crippen LogP contribution in [0.1, 0.15) is 32.8 Å². The second kappa shape index (κ2) is 6.66. The average molecular weight is 267 g/mol. The second-order valence-corrected chi connectivity index (χ2v) is 6.02. The summed E-state index contributed by atoms with van der Waals surface area (Å²) in [6, 6.07) is 5.61. The van der Waals surface area contributed by atoms with E-state index in [4.69, 9.17) is 0 Å². The molecule has 1 aromatic carbocycles. The minimum Gasteiger partial charge on any atom is -0.394 e. The van der Waals surface area contributed by atoms with Crippen LogP contribution in [-0.2, 0) is 11.2 Å². The monoisotopic (exact) mass is 267 g/mol. The number of carbonyl (C=O) groups excluding carboxylic acids is 1. The molecule has 106 valence electrons. The van der Waals surface area contributed by atoms with E-state index in [1.54, 1.807) is 12.1 Å². The molecular formula is C15H22FNO2. The number of hydrogen-bond donors (Lipinski definition) is 2. The summed E-state index contributed by atoms with van der Waals surface area (Å²) in [6.07, 6.45) is 0.902. The Hall–Kier alpha value is -1.42. The summed E-state index contributed by atoms with van der Waals surface area (Å²) in [5.74, 6) is -0.472. The van der Waals surface area contributed by atoms with Gasteiger partial charge in [0.1, 0.15) is 5.82 Å². The lowest BCUT2D eigenvalue weighted by Crippen LogP contribution is -2.40. The highest BCUT2D eigenvalue weighted by atomic mass is 19.1. The lowest BCUT2D eigenvalue weighted by molar-refractivity contribution is -0.121. The number of aliphatic hydroxyl groups excluding tert-OH is 1. The first-order chi connectivity index (χ1) is 8.80. The smallest absolute Gasteiger partial charge is 0.224 e. The van der Waals surface area contributed by atoms with Gasteiger partial charge in [-0.3, -0.25) is 4.79 Å². The van der Waals surface area contributed by atoms with Gasteiger partial charge in [0.25, 0.3) is 0 Å². The van der Waals surface area contributed by atoms with E-state index < -0.39 is 0 Å². The number of benzene rings is 1. The zero-order chi connectivity index (χ0) is 14.5. The fraction of sp³-hybridized carbons (Fsp3) is 0.533. The highest BCUT2D eigenvalue weighted by Gasteiger charge is 2.19. The van der Waals surface area contributed by atoms with E-state index in [-0.39, 0.29) is 36.2 Å². The van der Waals surface area contributed by atoms with Gasteiger partial charge >= 0.3 is 0 Å².